The van der Waals surface area contributed by atoms with E-state index in [-0.39, 0.29) is 5.92 Å². The summed E-state index contributed by atoms with van der Waals surface area (Å²) in [6.07, 6.45) is 9.36. The first kappa shape index (κ1) is 26.7. The molecule has 188 valence electrons. The number of hydrogen-bond donors (Lipinski definition) is 0. The average Bonchev–Trinajstić information content (AvgIpc) is 3.23. The molecule has 4 heteroatoms. The molecule has 1 unspecified atom stereocenters. The summed E-state index contributed by atoms with van der Waals surface area (Å²) in [5.74, 6) is -0.124. The molecule has 0 saturated heterocycles. The lowest BCUT2D eigenvalue weighted by Gasteiger charge is -2.39. The van der Waals surface area contributed by atoms with Crippen molar-refractivity contribution >= 4 is 0 Å². The zero-order chi connectivity index (χ0) is 24.2. The largest absolute Gasteiger partial charge is 0.493 e. The van der Waals surface area contributed by atoms with Crippen LogP contribution in [0.2, 0.25) is 0 Å². The van der Waals surface area contributed by atoms with Crippen LogP contribution in [0.1, 0.15) is 83.8 Å². The van der Waals surface area contributed by atoms with Gasteiger partial charge in [0.1, 0.15) is 5.75 Å². The van der Waals surface area contributed by atoms with E-state index in [0.29, 0.717) is 26.4 Å². The predicted molar refractivity (Wildman–Crippen MR) is 139 cm³/mol. The van der Waals surface area contributed by atoms with Crippen LogP contribution in [0.15, 0.2) is 42.5 Å². The van der Waals surface area contributed by atoms with Crippen molar-refractivity contribution < 1.29 is 18.9 Å². The standard InChI is InChI=1S/C30H44O4/c1-5-9-10-11-12-13-18-25(30(32-6-2,33-7-3)34-8-4)23-31-29-21-16-20-27-26-19-15-14-17-24(26)22-28(27)29/h14-17,19-21,25H,5-13,18,22-23H2,1-4H3. The molecule has 1 atom stereocenters. The molecule has 0 fully saturated rings. The fraction of sp³-hybridized carbons (Fsp3) is 0.600. The predicted octanol–water partition coefficient (Wildman–Crippen LogP) is 7.77. The van der Waals surface area contributed by atoms with Crippen LogP contribution in [-0.2, 0) is 20.6 Å². The fourth-order valence-electron chi connectivity index (χ4n) is 5.07. The Labute approximate surface area is 207 Å². The quantitative estimate of drug-likeness (QED) is 0.150. The van der Waals surface area contributed by atoms with Gasteiger partial charge in [-0.25, -0.2) is 0 Å². The summed E-state index contributed by atoms with van der Waals surface area (Å²) in [6.45, 7) is 10.3. The molecule has 0 heterocycles. The third-order valence-corrected chi connectivity index (χ3v) is 6.69. The molecule has 0 spiro atoms. The molecule has 0 aliphatic heterocycles. The van der Waals surface area contributed by atoms with Gasteiger partial charge in [0.25, 0.3) is 5.97 Å². The summed E-state index contributed by atoms with van der Waals surface area (Å²) < 4.78 is 25.1. The SMILES string of the molecule is CCCCCCCCC(COc1cccc2c1Cc1ccccc1-2)C(OCC)(OCC)OCC. The summed E-state index contributed by atoms with van der Waals surface area (Å²) in [5, 5.41) is 0. The number of rotatable bonds is 17. The minimum absolute atomic E-state index is 0.0156. The number of hydrogen-bond acceptors (Lipinski definition) is 4. The summed E-state index contributed by atoms with van der Waals surface area (Å²) in [7, 11) is 0. The molecule has 0 radical (unpaired) electrons. The van der Waals surface area contributed by atoms with E-state index in [0.717, 1.165) is 25.0 Å². The van der Waals surface area contributed by atoms with Crippen molar-refractivity contribution in [2.75, 3.05) is 26.4 Å². The van der Waals surface area contributed by atoms with Gasteiger partial charge in [0.2, 0.25) is 0 Å². The van der Waals surface area contributed by atoms with Crippen LogP contribution in [0.5, 0.6) is 5.75 Å². The topological polar surface area (TPSA) is 36.9 Å². The van der Waals surface area contributed by atoms with E-state index in [1.54, 1.807) is 0 Å². The second-order valence-corrected chi connectivity index (χ2v) is 9.08. The Balaban J connectivity index is 1.76. The van der Waals surface area contributed by atoms with E-state index in [9.17, 15) is 0 Å². The van der Waals surface area contributed by atoms with Crippen molar-refractivity contribution in [1.29, 1.82) is 0 Å². The summed E-state index contributed by atoms with van der Waals surface area (Å²) >= 11 is 0. The Morgan fingerprint density at radius 1 is 0.735 bits per heavy atom. The van der Waals surface area contributed by atoms with Gasteiger partial charge in [-0.1, -0.05) is 81.8 Å². The van der Waals surface area contributed by atoms with Crippen molar-refractivity contribution in [3.8, 4) is 16.9 Å². The van der Waals surface area contributed by atoms with Crippen molar-refractivity contribution in [2.24, 2.45) is 5.92 Å². The Morgan fingerprint density at radius 2 is 1.38 bits per heavy atom. The lowest BCUT2D eigenvalue weighted by atomic mass is 9.98. The van der Waals surface area contributed by atoms with E-state index < -0.39 is 5.97 Å². The van der Waals surface area contributed by atoms with Crippen LogP contribution in [0.4, 0.5) is 0 Å². The Morgan fingerprint density at radius 3 is 2.09 bits per heavy atom. The van der Waals surface area contributed by atoms with Gasteiger partial charge in [-0.3, -0.25) is 0 Å². The third-order valence-electron chi connectivity index (χ3n) is 6.69. The van der Waals surface area contributed by atoms with E-state index in [4.69, 9.17) is 18.9 Å². The molecule has 0 saturated carbocycles. The van der Waals surface area contributed by atoms with Crippen molar-refractivity contribution in [3.63, 3.8) is 0 Å². The zero-order valence-corrected chi connectivity index (χ0v) is 21.7. The number of unbranched alkanes of at least 4 members (excludes halogenated alkanes) is 5. The average molecular weight is 469 g/mol. The molecule has 4 nitrogen and oxygen atoms in total. The van der Waals surface area contributed by atoms with Gasteiger partial charge < -0.3 is 18.9 Å². The highest BCUT2D eigenvalue weighted by Gasteiger charge is 2.42. The smallest absolute Gasteiger partial charge is 0.289 e. The van der Waals surface area contributed by atoms with Gasteiger partial charge in [-0.2, -0.15) is 0 Å². The van der Waals surface area contributed by atoms with Gasteiger partial charge in [0.15, 0.2) is 0 Å². The van der Waals surface area contributed by atoms with Gasteiger partial charge in [-0.15, -0.1) is 0 Å². The second-order valence-electron chi connectivity index (χ2n) is 9.08. The Bertz CT molecular complexity index is 846. The van der Waals surface area contributed by atoms with E-state index in [2.05, 4.69) is 49.4 Å². The van der Waals surface area contributed by atoms with Crippen molar-refractivity contribution in [2.45, 2.75) is 85.0 Å². The van der Waals surface area contributed by atoms with Crippen molar-refractivity contribution in [1.82, 2.24) is 0 Å². The van der Waals surface area contributed by atoms with Crippen LogP contribution < -0.4 is 4.74 Å². The van der Waals surface area contributed by atoms with E-state index in [1.165, 1.54) is 54.4 Å². The molecule has 1 aliphatic rings. The van der Waals surface area contributed by atoms with Gasteiger partial charge in [-0.05, 0) is 49.9 Å². The minimum atomic E-state index is -1.07. The molecule has 3 rings (SSSR count). The molecular weight excluding hydrogens is 424 g/mol. The minimum Gasteiger partial charge on any atom is -0.493 e. The maximum Gasteiger partial charge on any atom is 0.289 e. The Hall–Kier alpha value is -1.88. The molecule has 0 bridgehead atoms. The monoisotopic (exact) mass is 468 g/mol. The highest BCUT2D eigenvalue weighted by Crippen LogP contribution is 2.41. The van der Waals surface area contributed by atoms with Crippen LogP contribution in [0.25, 0.3) is 11.1 Å². The molecule has 2 aromatic rings. The maximum absolute atomic E-state index is 6.54. The summed E-state index contributed by atoms with van der Waals surface area (Å²) in [5.41, 5.74) is 5.24. The Kier molecular flexibility index (Phi) is 10.9. The van der Waals surface area contributed by atoms with E-state index in [1.807, 2.05) is 20.8 Å². The number of fused-ring (bicyclic) bond motifs is 3. The molecular formula is C30H44O4. The number of ether oxygens (including phenoxy) is 4. The van der Waals surface area contributed by atoms with Crippen LogP contribution in [0.3, 0.4) is 0 Å². The van der Waals surface area contributed by atoms with Gasteiger partial charge in [0, 0.05) is 31.8 Å². The normalized spacial score (nSPS) is 13.5. The third kappa shape index (κ3) is 6.62. The van der Waals surface area contributed by atoms with Crippen LogP contribution in [-0.4, -0.2) is 32.4 Å². The van der Waals surface area contributed by atoms with Crippen LogP contribution >= 0.6 is 0 Å². The van der Waals surface area contributed by atoms with Crippen molar-refractivity contribution in [3.05, 3.63) is 53.6 Å². The maximum atomic E-state index is 6.54. The first-order valence-corrected chi connectivity index (χ1v) is 13.4. The molecule has 2 aromatic carbocycles. The fourth-order valence-corrected chi connectivity index (χ4v) is 5.07. The van der Waals surface area contributed by atoms with Gasteiger partial charge in [0.05, 0.1) is 12.5 Å². The number of benzene rings is 2. The summed E-state index contributed by atoms with van der Waals surface area (Å²) in [4.78, 5) is 0. The first-order chi connectivity index (χ1) is 16.7. The highest BCUT2D eigenvalue weighted by atomic mass is 16.9. The second kappa shape index (κ2) is 13.9. The lowest BCUT2D eigenvalue weighted by Crippen LogP contribution is -2.49. The summed E-state index contributed by atoms with van der Waals surface area (Å²) in [6, 6.07) is 15.0. The van der Waals surface area contributed by atoms with Gasteiger partial charge >= 0.3 is 0 Å². The molecule has 0 aromatic heterocycles. The molecule has 34 heavy (non-hydrogen) atoms. The van der Waals surface area contributed by atoms with E-state index >= 15 is 0 Å². The molecule has 1 aliphatic carbocycles. The highest BCUT2D eigenvalue weighted by molar-refractivity contribution is 5.78. The molecule has 0 amide bonds. The zero-order valence-electron chi connectivity index (χ0n) is 21.7. The first-order valence-electron chi connectivity index (χ1n) is 13.4. The lowest BCUT2D eigenvalue weighted by molar-refractivity contribution is -0.404. The van der Waals surface area contributed by atoms with Crippen LogP contribution in [0, 0.1) is 5.92 Å². The molecule has 0 N–H and O–H groups in total.